The molecule has 0 fully saturated rings. The molecule has 0 radical (unpaired) electrons. The van der Waals surface area contributed by atoms with E-state index in [9.17, 15) is 0 Å². The van der Waals surface area contributed by atoms with E-state index in [0.717, 1.165) is 33.2 Å². The fraction of sp³-hybridized carbons (Fsp3) is 0.111. The monoisotopic (exact) mass is 314 g/mol. The Balaban J connectivity index is 1.87. The van der Waals surface area contributed by atoms with Gasteiger partial charge in [-0.15, -0.1) is 10.2 Å². The summed E-state index contributed by atoms with van der Waals surface area (Å²) in [5.74, 6) is 1.20. The number of fused-ring (bicyclic) bond motifs is 4. The van der Waals surface area contributed by atoms with Crippen molar-refractivity contribution in [3.63, 3.8) is 0 Å². The van der Waals surface area contributed by atoms with Crippen LogP contribution in [0.1, 0.15) is 11.1 Å². The number of aromatic nitrogens is 6. The number of H-pyrrole nitrogens is 1. The van der Waals surface area contributed by atoms with Crippen LogP contribution in [0.25, 0.3) is 39.2 Å². The fourth-order valence-electron chi connectivity index (χ4n) is 3.07. The van der Waals surface area contributed by atoms with Gasteiger partial charge in [-0.1, -0.05) is 35.9 Å². The molecule has 0 amide bonds. The molecule has 0 aliphatic carbocycles. The first-order chi connectivity index (χ1) is 11.7. The van der Waals surface area contributed by atoms with Gasteiger partial charge in [-0.2, -0.15) is 14.6 Å². The predicted molar refractivity (Wildman–Crippen MR) is 92.8 cm³/mol. The van der Waals surface area contributed by atoms with E-state index in [4.69, 9.17) is 5.10 Å². The molecule has 5 aromatic rings. The van der Waals surface area contributed by atoms with Gasteiger partial charge in [0, 0.05) is 16.5 Å². The molecule has 6 heteroatoms. The quantitative estimate of drug-likeness (QED) is 0.514. The smallest absolute Gasteiger partial charge is 0.274 e. The van der Waals surface area contributed by atoms with Crippen LogP contribution in [0.15, 0.2) is 42.5 Å². The highest BCUT2D eigenvalue weighted by Crippen LogP contribution is 2.26. The molecule has 0 spiro atoms. The first-order valence-electron chi connectivity index (χ1n) is 7.78. The van der Waals surface area contributed by atoms with Crippen molar-refractivity contribution in [2.75, 3.05) is 0 Å². The molecule has 116 valence electrons. The van der Waals surface area contributed by atoms with Gasteiger partial charge in [0.1, 0.15) is 5.52 Å². The van der Waals surface area contributed by atoms with Crippen molar-refractivity contribution >= 4 is 27.8 Å². The molecule has 0 bridgehead atoms. The molecule has 6 nitrogen and oxygen atoms in total. The second kappa shape index (κ2) is 4.61. The first kappa shape index (κ1) is 13.2. The minimum atomic E-state index is 0.491. The average molecular weight is 314 g/mol. The SMILES string of the molecule is Cc1ccc(C)c(-c2nnc3nc4[nH]c5ccccc5c4nn23)c1. The molecule has 0 aliphatic rings. The number of nitrogens with zero attached hydrogens (tertiary/aromatic N) is 5. The highest BCUT2D eigenvalue weighted by Gasteiger charge is 2.15. The first-order valence-corrected chi connectivity index (χ1v) is 7.78. The number of nitrogens with one attached hydrogen (secondary N) is 1. The molecule has 0 saturated carbocycles. The molecule has 2 aromatic carbocycles. The number of benzene rings is 2. The summed E-state index contributed by atoms with van der Waals surface area (Å²) >= 11 is 0. The molecule has 0 aliphatic heterocycles. The topological polar surface area (TPSA) is 71.8 Å². The van der Waals surface area contributed by atoms with Crippen LogP contribution in [0.5, 0.6) is 0 Å². The summed E-state index contributed by atoms with van der Waals surface area (Å²) < 4.78 is 1.73. The molecule has 0 saturated heterocycles. The third-order valence-corrected chi connectivity index (χ3v) is 4.33. The largest absolute Gasteiger partial charge is 0.338 e. The molecule has 0 atom stereocenters. The van der Waals surface area contributed by atoms with Gasteiger partial charge >= 0.3 is 0 Å². The van der Waals surface area contributed by atoms with Crippen molar-refractivity contribution in [1.29, 1.82) is 0 Å². The van der Waals surface area contributed by atoms with Gasteiger partial charge in [0.15, 0.2) is 11.5 Å². The van der Waals surface area contributed by atoms with Crippen LogP contribution in [0.3, 0.4) is 0 Å². The van der Waals surface area contributed by atoms with E-state index in [-0.39, 0.29) is 0 Å². The molecular formula is C18H14N6. The second-order valence-electron chi connectivity index (χ2n) is 6.03. The molecule has 3 aromatic heterocycles. The Morgan fingerprint density at radius 3 is 2.79 bits per heavy atom. The zero-order chi connectivity index (χ0) is 16.3. The summed E-state index contributed by atoms with van der Waals surface area (Å²) in [6, 6.07) is 14.3. The van der Waals surface area contributed by atoms with Crippen molar-refractivity contribution in [3.05, 3.63) is 53.6 Å². The Morgan fingerprint density at radius 2 is 1.88 bits per heavy atom. The fourth-order valence-corrected chi connectivity index (χ4v) is 3.07. The van der Waals surface area contributed by atoms with E-state index in [0.29, 0.717) is 11.6 Å². The van der Waals surface area contributed by atoms with Crippen LogP contribution in [-0.4, -0.2) is 29.8 Å². The highest BCUT2D eigenvalue weighted by molar-refractivity contribution is 6.03. The van der Waals surface area contributed by atoms with Gasteiger partial charge in [0.2, 0.25) is 0 Å². The zero-order valence-electron chi connectivity index (χ0n) is 13.3. The minimum Gasteiger partial charge on any atom is -0.338 e. The summed E-state index contributed by atoms with van der Waals surface area (Å²) in [4.78, 5) is 7.87. The maximum absolute atomic E-state index is 4.77. The number of aromatic amines is 1. The third-order valence-electron chi connectivity index (χ3n) is 4.33. The number of aryl methyl sites for hydroxylation is 2. The molecule has 3 heterocycles. The summed E-state index contributed by atoms with van der Waals surface area (Å²) in [7, 11) is 0. The Morgan fingerprint density at radius 1 is 1.00 bits per heavy atom. The molecular weight excluding hydrogens is 300 g/mol. The van der Waals surface area contributed by atoms with Gasteiger partial charge < -0.3 is 4.98 Å². The molecule has 0 unspecified atom stereocenters. The lowest BCUT2D eigenvalue weighted by Crippen LogP contribution is -1.99. The van der Waals surface area contributed by atoms with E-state index in [1.807, 2.05) is 24.3 Å². The maximum atomic E-state index is 4.77. The van der Waals surface area contributed by atoms with Crippen molar-refractivity contribution in [3.8, 4) is 11.4 Å². The number of rotatable bonds is 1. The van der Waals surface area contributed by atoms with Crippen LogP contribution < -0.4 is 0 Å². The maximum Gasteiger partial charge on any atom is 0.274 e. The molecule has 1 N–H and O–H groups in total. The van der Waals surface area contributed by atoms with Crippen LogP contribution in [-0.2, 0) is 0 Å². The Bertz CT molecular complexity index is 1230. The van der Waals surface area contributed by atoms with E-state index < -0.39 is 0 Å². The van der Waals surface area contributed by atoms with E-state index in [1.54, 1.807) is 4.52 Å². The van der Waals surface area contributed by atoms with Crippen LogP contribution in [0, 0.1) is 13.8 Å². The van der Waals surface area contributed by atoms with Crippen molar-refractivity contribution in [1.82, 2.24) is 29.8 Å². The minimum absolute atomic E-state index is 0.491. The van der Waals surface area contributed by atoms with Crippen molar-refractivity contribution < 1.29 is 0 Å². The lowest BCUT2D eigenvalue weighted by molar-refractivity contribution is 0.944. The van der Waals surface area contributed by atoms with Gasteiger partial charge in [-0.3, -0.25) is 0 Å². The Kier molecular flexibility index (Phi) is 2.53. The van der Waals surface area contributed by atoms with Crippen LogP contribution in [0.4, 0.5) is 0 Å². The van der Waals surface area contributed by atoms with E-state index >= 15 is 0 Å². The number of hydrogen-bond acceptors (Lipinski definition) is 4. The molecule has 5 rings (SSSR count). The van der Waals surface area contributed by atoms with E-state index in [2.05, 4.69) is 52.2 Å². The van der Waals surface area contributed by atoms with Gasteiger partial charge in [-0.25, -0.2) is 0 Å². The summed E-state index contributed by atoms with van der Waals surface area (Å²) in [5.41, 5.74) is 5.90. The third kappa shape index (κ3) is 1.76. The van der Waals surface area contributed by atoms with Gasteiger partial charge in [0.25, 0.3) is 5.78 Å². The van der Waals surface area contributed by atoms with Gasteiger partial charge in [-0.05, 0) is 31.5 Å². The summed E-state index contributed by atoms with van der Waals surface area (Å²) in [6.45, 7) is 4.13. The predicted octanol–water partition coefficient (Wildman–Crippen LogP) is 3.44. The highest BCUT2D eigenvalue weighted by atomic mass is 15.4. The zero-order valence-corrected chi connectivity index (χ0v) is 13.3. The summed E-state index contributed by atoms with van der Waals surface area (Å²) in [5, 5.41) is 14.3. The second-order valence-corrected chi connectivity index (χ2v) is 6.03. The Labute approximate surface area is 137 Å². The Hall–Kier alpha value is -3.28. The standard InChI is InChI=1S/C18H14N6/c1-10-7-8-11(2)13(9-10)17-21-22-18-20-16-15(23-24(17)18)12-5-3-4-6-14(12)19-16/h3-9H,1-2H3,(H,19,20,22). The van der Waals surface area contributed by atoms with Crippen LogP contribution in [0.2, 0.25) is 0 Å². The van der Waals surface area contributed by atoms with Crippen LogP contribution >= 0.6 is 0 Å². The van der Waals surface area contributed by atoms with E-state index in [1.165, 1.54) is 5.56 Å². The van der Waals surface area contributed by atoms with Crippen molar-refractivity contribution in [2.24, 2.45) is 0 Å². The normalized spacial score (nSPS) is 11.8. The lowest BCUT2D eigenvalue weighted by Gasteiger charge is -2.04. The molecule has 24 heavy (non-hydrogen) atoms. The average Bonchev–Trinajstić information content (AvgIpc) is 3.15. The lowest BCUT2D eigenvalue weighted by atomic mass is 10.1. The summed E-state index contributed by atoms with van der Waals surface area (Å²) in [6.07, 6.45) is 0. The van der Waals surface area contributed by atoms with Crippen molar-refractivity contribution in [2.45, 2.75) is 13.8 Å². The number of para-hydroxylation sites is 1. The van der Waals surface area contributed by atoms with Gasteiger partial charge in [0.05, 0.1) is 0 Å². The number of hydrogen-bond donors (Lipinski definition) is 1.